The van der Waals surface area contributed by atoms with E-state index in [0.29, 0.717) is 29.8 Å². The lowest BCUT2D eigenvalue weighted by atomic mass is 9.91. The highest BCUT2D eigenvalue weighted by molar-refractivity contribution is 6.12. The molecule has 0 radical (unpaired) electrons. The van der Waals surface area contributed by atoms with E-state index < -0.39 is 0 Å². The highest BCUT2D eigenvalue weighted by atomic mass is 16.6. The number of anilines is 1. The molecule has 170 valence electrons. The van der Waals surface area contributed by atoms with E-state index in [9.17, 15) is 0 Å². The van der Waals surface area contributed by atoms with Gasteiger partial charge >= 0.3 is 0 Å². The van der Waals surface area contributed by atoms with Crippen molar-refractivity contribution in [2.24, 2.45) is 9.98 Å². The van der Waals surface area contributed by atoms with Crippen LogP contribution in [0.3, 0.4) is 0 Å². The molecule has 0 amide bonds. The van der Waals surface area contributed by atoms with Crippen molar-refractivity contribution in [2.75, 3.05) is 19.0 Å². The molecule has 0 saturated heterocycles. The van der Waals surface area contributed by atoms with Crippen molar-refractivity contribution in [1.29, 1.82) is 0 Å². The highest BCUT2D eigenvalue weighted by Crippen LogP contribution is 2.36. The minimum atomic E-state index is 0.0241. The average Bonchev–Trinajstić information content (AvgIpc) is 3.52. The second-order valence-electron chi connectivity index (χ2n) is 7.51. The molecule has 0 saturated carbocycles. The molecule has 0 spiro atoms. The van der Waals surface area contributed by atoms with E-state index >= 15 is 0 Å². The van der Waals surface area contributed by atoms with Gasteiger partial charge in [0.15, 0.2) is 5.75 Å². The molecule has 1 aliphatic rings. The van der Waals surface area contributed by atoms with Crippen LogP contribution in [0.25, 0.3) is 0 Å². The maximum atomic E-state index is 5.93. The Morgan fingerprint density at radius 2 is 2.03 bits per heavy atom. The van der Waals surface area contributed by atoms with Crippen molar-refractivity contribution in [1.82, 2.24) is 0 Å². The Balaban J connectivity index is 1.79. The second-order valence-corrected chi connectivity index (χ2v) is 7.51. The molecule has 7 heteroatoms. The van der Waals surface area contributed by atoms with Crippen LogP contribution < -0.4 is 10.1 Å². The summed E-state index contributed by atoms with van der Waals surface area (Å²) in [5.74, 6) is 2.40. The smallest absolute Gasteiger partial charge is 0.289 e. The molecule has 7 nitrogen and oxygen atoms in total. The number of rotatable bonds is 6. The minimum absolute atomic E-state index is 0.0241. The summed E-state index contributed by atoms with van der Waals surface area (Å²) in [7, 11) is 1.65. The fourth-order valence-corrected chi connectivity index (χ4v) is 3.75. The number of allylic oxidation sites excluding steroid dienone is 1. The fraction of sp³-hybridized carbons (Fsp3) is 0.231. The Bertz CT molecular complexity index is 1200. The van der Waals surface area contributed by atoms with Crippen LogP contribution in [-0.2, 0) is 4.74 Å². The standard InChI is InChI=1S/C26H27N3O4/c1-5-27-25-17(2)20(19-12-14-31-16-19)15-28-26(24(25)18(3)30-4)29-21-9-6-7-10-22(21)33-23-11-8-13-32-23/h5-14,16,20H,15H2,1-4H3,(H,28,29)/b24-18-,27-5?. The summed E-state index contributed by atoms with van der Waals surface area (Å²) in [4.78, 5) is 9.69. The molecule has 4 rings (SSSR count). The number of nitrogens with zero attached hydrogens (tertiary/aromatic N) is 2. The van der Waals surface area contributed by atoms with Crippen molar-refractivity contribution in [3.63, 3.8) is 0 Å². The van der Waals surface area contributed by atoms with Gasteiger partial charge in [0.25, 0.3) is 5.95 Å². The van der Waals surface area contributed by atoms with Crippen LogP contribution in [0.1, 0.15) is 32.3 Å². The van der Waals surface area contributed by atoms with Crippen LogP contribution in [0.4, 0.5) is 5.69 Å². The number of aliphatic imine (C=N–C) groups is 2. The molecule has 0 fully saturated rings. The first-order valence-corrected chi connectivity index (χ1v) is 10.7. The molecule has 3 heterocycles. The molecule has 0 aliphatic carbocycles. The van der Waals surface area contributed by atoms with E-state index in [1.807, 2.05) is 44.2 Å². The molecule has 1 unspecified atom stereocenters. The van der Waals surface area contributed by atoms with Gasteiger partial charge in [0.05, 0.1) is 49.4 Å². The lowest BCUT2D eigenvalue weighted by molar-refractivity contribution is 0.291. The Kier molecular flexibility index (Phi) is 6.78. The van der Waals surface area contributed by atoms with Gasteiger partial charge < -0.3 is 23.6 Å². The number of hydrogen-bond donors (Lipinski definition) is 1. The number of methoxy groups -OCH3 is 1. The Morgan fingerprint density at radius 1 is 1.18 bits per heavy atom. The molecule has 33 heavy (non-hydrogen) atoms. The number of para-hydroxylation sites is 2. The van der Waals surface area contributed by atoms with Crippen LogP contribution in [-0.4, -0.2) is 25.7 Å². The number of ether oxygens (including phenoxy) is 2. The van der Waals surface area contributed by atoms with Gasteiger partial charge in [0.2, 0.25) is 0 Å². The lowest BCUT2D eigenvalue weighted by Gasteiger charge is -2.18. The van der Waals surface area contributed by atoms with E-state index in [1.165, 1.54) is 0 Å². The van der Waals surface area contributed by atoms with Gasteiger partial charge in [0.1, 0.15) is 11.6 Å². The molecule has 1 N–H and O–H groups in total. The zero-order chi connectivity index (χ0) is 23.2. The van der Waals surface area contributed by atoms with Crippen LogP contribution >= 0.6 is 0 Å². The number of furan rings is 2. The predicted octanol–water partition coefficient (Wildman–Crippen LogP) is 6.56. The van der Waals surface area contributed by atoms with Gasteiger partial charge in [-0.3, -0.25) is 9.98 Å². The normalized spacial score (nSPS) is 18.2. The zero-order valence-electron chi connectivity index (χ0n) is 19.2. The molecule has 1 aromatic carbocycles. The van der Waals surface area contributed by atoms with Crippen molar-refractivity contribution in [3.8, 4) is 11.7 Å². The third-order valence-electron chi connectivity index (χ3n) is 5.51. The van der Waals surface area contributed by atoms with Gasteiger partial charge in [-0.1, -0.05) is 12.1 Å². The number of amidine groups is 1. The van der Waals surface area contributed by atoms with Gasteiger partial charge in [-0.25, -0.2) is 0 Å². The van der Waals surface area contributed by atoms with Crippen molar-refractivity contribution < 1.29 is 18.3 Å². The van der Waals surface area contributed by atoms with Gasteiger partial charge in [-0.2, -0.15) is 0 Å². The minimum Gasteiger partial charge on any atom is -0.501 e. The highest BCUT2D eigenvalue weighted by Gasteiger charge is 2.28. The van der Waals surface area contributed by atoms with Gasteiger partial charge in [-0.15, -0.1) is 0 Å². The fourth-order valence-electron chi connectivity index (χ4n) is 3.75. The first kappa shape index (κ1) is 22.2. The molecule has 1 aliphatic heterocycles. The zero-order valence-corrected chi connectivity index (χ0v) is 19.2. The SMILES string of the molecule is CC=NC1=C(C)C(c2ccoc2)CN=C(Nc2ccccc2Oc2ccco2)/C1=C(/C)OC. The number of hydrogen-bond acceptors (Lipinski definition) is 7. The molecule has 0 bridgehead atoms. The summed E-state index contributed by atoms with van der Waals surface area (Å²) in [6.07, 6.45) is 6.79. The first-order chi connectivity index (χ1) is 16.1. The van der Waals surface area contributed by atoms with Gasteiger partial charge in [-0.05, 0) is 56.2 Å². The summed E-state index contributed by atoms with van der Waals surface area (Å²) in [5.41, 5.74) is 4.50. The summed E-state index contributed by atoms with van der Waals surface area (Å²) < 4.78 is 22.3. The van der Waals surface area contributed by atoms with Crippen LogP contribution in [0.5, 0.6) is 11.7 Å². The molecular weight excluding hydrogens is 418 g/mol. The van der Waals surface area contributed by atoms with E-state index in [1.54, 1.807) is 44.2 Å². The maximum absolute atomic E-state index is 5.93. The Hall–Kier alpha value is -4.00. The number of nitrogens with one attached hydrogen (secondary N) is 1. The van der Waals surface area contributed by atoms with Crippen LogP contribution in [0.15, 0.2) is 103 Å². The van der Waals surface area contributed by atoms with E-state index in [2.05, 4.69) is 12.2 Å². The van der Waals surface area contributed by atoms with Gasteiger partial charge in [0, 0.05) is 18.2 Å². The van der Waals surface area contributed by atoms with E-state index in [-0.39, 0.29) is 5.92 Å². The third kappa shape index (κ3) is 4.77. The quantitative estimate of drug-likeness (QED) is 0.343. The predicted molar refractivity (Wildman–Crippen MR) is 129 cm³/mol. The number of benzene rings is 1. The van der Waals surface area contributed by atoms with Crippen molar-refractivity contribution >= 4 is 17.7 Å². The van der Waals surface area contributed by atoms with E-state index in [4.69, 9.17) is 28.3 Å². The molecular formula is C26H27N3O4. The first-order valence-electron chi connectivity index (χ1n) is 10.7. The average molecular weight is 446 g/mol. The molecule has 2 aromatic heterocycles. The summed E-state index contributed by atoms with van der Waals surface area (Å²) in [6, 6.07) is 13.1. The second kappa shape index (κ2) is 10.1. The van der Waals surface area contributed by atoms with Crippen molar-refractivity contribution in [3.05, 3.63) is 89.4 Å². The third-order valence-corrected chi connectivity index (χ3v) is 5.51. The molecule has 3 aromatic rings. The summed E-state index contributed by atoms with van der Waals surface area (Å²) >= 11 is 0. The summed E-state index contributed by atoms with van der Waals surface area (Å²) in [6.45, 7) is 6.41. The Labute approximate surface area is 193 Å². The van der Waals surface area contributed by atoms with Crippen LogP contribution in [0, 0.1) is 0 Å². The van der Waals surface area contributed by atoms with Crippen molar-refractivity contribution in [2.45, 2.75) is 26.7 Å². The summed E-state index contributed by atoms with van der Waals surface area (Å²) in [5, 5.41) is 3.46. The maximum Gasteiger partial charge on any atom is 0.289 e. The lowest BCUT2D eigenvalue weighted by Crippen LogP contribution is -2.18. The topological polar surface area (TPSA) is 81.5 Å². The van der Waals surface area contributed by atoms with Crippen LogP contribution in [0.2, 0.25) is 0 Å². The Morgan fingerprint density at radius 3 is 2.73 bits per heavy atom. The largest absolute Gasteiger partial charge is 0.501 e. The monoisotopic (exact) mass is 445 g/mol. The molecule has 1 atom stereocenters. The van der Waals surface area contributed by atoms with E-state index in [0.717, 1.165) is 28.1 Å².